The molecule has 0 bridgehead atoms. The highest BCUT2D eigenvalue weighted by molar-refractivity contribution is 5.88. The molecule has 0 saturated heterocycles. The second-order valence-electron chi connectivity index (χ2n) is 5.43. The van der Waals surface area contributed by atoms with Gasteiger partial charge in [-0.15, -0.1) is 0 Å². The van der Waals surface area contributed by atoms with E-state index in [2.05, 4.69) is 28.2 Å². The van der Waals surface area contributed by atoms with Gasteiger partial charge in [0.15, 0.2) is 0 Å². The molecule has 0 fully saturated rings. The molecule has 1 aromatic carbocycles. The minimum atomic E-state index is -0.889. The van der Waals surface area contributed by atoms with Crippen LogP contribution in [0.4, 0.5) is 5.69 Å². The zero-order valence-corrected chi connectivity index (χ0v) is 11.6. The molecule has 1 N–H and O–H groups in total. The average Bonchev–Trinajstić information content (AvgIpc) is 2.15. The molecule has 0 spiro atoms. The lowest BCUT2D eigenvalue weighted by Crippen LogP contribution is -2.27. The number of carbonyl (C=O) groups is 1. The van der Waals surface area contributed by atoms with Crippen LogP contribution in [0.2, 0.25) is 0 Å². The smallest absolute Gasteiger partial charge is 0.335 e. The summed E-state index contributed by atoms with van der Waals surface area (Å²) in [5, 5.41) is 8.60. The Morgan fingerprint density at radius 2 is 1.41 bits per heavy atom. The standard InChI is InChI=1S/C9H11NO2.C4H12N/c1-10(2)8-5-3-7(4-6-8)9(11)12;1-5(2,3)4/h3-6H,1-2H3,(H,11,12);1-4H3/q;+1. The lowest BCUT2D eigenvalue weighted by atomic mass is 10.2. The van der Waals surface area contributed by atoms with Crippen LogP contribution in [0.5, 0.6) is 0 Å². The van der Waals surface area contributed by atoms with Crippen LogP contribution in [0.15, 0.2) is 24.3 Å². The molecule has 4 heteroatoms. The van der Waals surface area contributed by atoms with E-state index >= 15 is 0 Å². The van der Waals surface area contributed by atoms with E-state index in [0.29, 0.717) is 5.56 Å². The molecule has 1 rings (SSSR count). The Hall–Kier alpha value is -1.55. The summed E-state index contributed by atoms with van der Waals surface area (Å²) in [5.41, 5.74) is 1.32. The van der Waals surface area contributed by atoms with Crippen molar-refractivity contribution < 1.29 is 14.4 Å². The molecule has 0 aliphatic carbocycles. The first kappa shape index (κ1) is 15.4. The summed E-state index contributed by atoms with van der Waals surface area (Å²) >= 11 is 0. The Kier molecular flexibility index (Phi) is 5.68. The maximum absolute atomic E-state index is 10.5. The Labute approximate surface area is 104 Å². The van der Waals surface area contributed by atoms with Crippen molar-refractivity contribution in [3.63, 3.8) is 0 Å². The van der Waals surface area contributed by atoms with Crippen LogP contribution in [0.25, 0.3) is 0 Å². The predicted octanol–water partition coefficient (Wildman–Crippen LogP) is 1.77. The molecule has 4 nitrogen and oxygen atoms in total. The van der Waals surface area contributed by atoms with Crippen LogP contribution >= 0.6 is 0 Å². The van der Waals surface area contributed by atoms with E-state index < -0.39 is 5.97 Å². The van der Waals surface area contributed by atoms with Gasteiger partial charge in [0.2, 0.25) is 0 Å². The number of carboxylic acids is 1. The van der Waals surface area contributed by atoms with Gasteiger partial charge in [0, 0.05) is 19.8 Å². The molecule has 0 aliphatic heterocycles. The van der Waals surface area contributed by atoms with Crippen LogP contribution in [0, 0.1) is 0 Å². The van der Waals surface area contributed by atoms with Gasteiger partial charge in [-0.1, -0.05) is 0 Å². The van der Waals surface area contributed by atoms with Gasteiger partial charge in [0.1, 0.15) is 0 Å². The van der Waals surface area contributed by atoms with E-state index in [9.17, 15) is 4.79 Å². The highest BCUT2D eigenvalue weighted by atomic mass is 16.4. The number of carboxylic acid groups (broad SMARTS) is 1. The molecule has 0 unspecified atom stereocenters. The fourth-order valence-electron chi connectivity index (χ4n) is 0.902. The van der Waals surface area contributed by atoms with Crippen molar-refractivity contribution in [1.29, 1.82) is 0 Å². The van der Waals surface area contributed by atoms with Gasteiger partial charge in [-0.25, -0.2) is 4.79 Å². The summed E-state index contributed by atoms with van der Waals surface area (Å²) in [6, 6.07) is 6.75. The van der Waals surface area contributed by atoms with Gasteiger partial charge in [0.25, 0.3) is 0 Å². The molecule has 0 aliphatic rings. The van der Waals surface area contributed by atoms with Crippen LogP contribution in [-0.2, 0) is 0 Å². The van der Waals surface area contributed by atoms with Crippen molar-refractivity contribution in [1.82, 2.24) is 0 Å². The fraction of sp³-hybridized carbons (Fsp3) is 0.462. The third kappa shape index (κ3) is 8.28. The first-order valence-electron chi connectivity index (χ1n) is 5.41. The molecule has 0 atom stereocenters. The third-order valence-electron chi connectivity index (χ3n) is 1.63. The molecule has 0 radical (unpaired) electrons. The minimum absolute atomic E-state index is 0.320. The number of benzene rings is 1. The first-order valence-corrected chi connectivity index (χ1v) is 5.41. The Morgan fingerprint density at radius 3 is 1.65 bits per heavy atom. The van der Waals surface area contributed by atoms with Crippen molar-refractivity contribution >= 4 is 11.7 Å². The predicted molar refractivity (Wildman–Crippen MR) is 71.7 cm³/mol. The molecule has 1 aromatic rings. The molecular formula is C13H23N2O2+. The second kappa shape index (κ2) is 6.25. The van der Waals surface area contributed by atoms with E-state index in [4.69, 9.17) is 5.11 Å². The van der Waals surface area contributed by atoms with Gasteiger partial charge in [-0.3, -0.25) is 0 Å². The van der Waals surface area contributed by atoms with Crippen LogP contribution in [0.1, 0.15) is 10.4 Å². The van der Waals surface area contributed by atoms with E-state index in [1.54, 1.807) is 24.3 Å². The topological polar surface area (TPSA) is 40.5 Å². The van der Waals surface area contributed by atoms with Gasteiger partial charge in [-0.2, -0.15) is 0 Å². The summed E-state index contributed by atoms with van der Waals surface area (Å²) in [6.07, 6.45) is 0. The maximum Gasteiger partial charge on any atom is 0.335 e. The highest BCUT2D eigenvalue weighted by Gasteiger charge is 2.01. The average molecular weight is 239 g/mol. The van der Waals surface area contributed by atoms with Crippen molar-refractivity contribution in [2.24, 2.45) is 0 Å². The highest BCUT2D eigenvalue weighted by Crippen LogP contribution is 2.11. The molecule has 0 amide bonds. The Morgan fingerprint density at radius 1 is 1.06 bits per heavy atom. The molecule has 96 valence electrons. The van der Waals surface area contributed by atoms with Gasteiger partial charge >= 0.3 is 5.97 Å². The quantitative estimate of drug-likeness (QED) is 0.800. The second-order valence-corrected chi connectivity index (χ2v) is 5.43. The summed E-state index contributed by atoms with van der Waals surface area (Å²) in [6.45, 7) is 0. The largest absolute Gasteiger partial charge is 0.478 e. The number of hydrogen-bond acceptors (Lipinski definition) is 2. The van der Waals surface area contributed by atoms with Gasteiger partial charge in [-0.05, 0) is 24.3 Å². The van der Waals surface area contributed by atoms with Crippen LogP contribution < -0.4 is 4.90 Å². The van der Waals surface area contributed by atoms with E-state index in [1.807, 2.05) is 19.0 Å². The SMILES string of the molecule is CN(C)c1ccc(C(=O)O)cc1.C[N+](C)(C)C. The van der Waals surface area contributed by atoms with Crippen LogP contribution in [0.3, 0.4) is 0 Å². The van der Waals surface area contributed by atoms with Gasteiger partial charge in [0.05, 0.1) is 33.8 Å². The zero-order chi connectivity index (χ0) is 13.6. The minimum Gasteiger partial charge on any atom is -0.478 e. The number of aromatic carboxylic acids is 1. The summed E-state index contributed by atoms with van der Waals surface area (Å²) in [4.78, 5) is 12.4. The van der Waals surface area contributed by atoms with Crippen molar-refractivity contribution in [2.75, 3.05) is 47.2 Å². The zero-order valence-electron chi connectivity index (χ0n) is 11.6. The lowest BCUT2D eigenvalue weighted by Gasteiger charge is -2.14. The number of nitrogens with zero attached hydrogens (tertiary/aromatic N) is 2. The van der Waals surface area contributed by atoms with Crippen molar-refractivity contribution in [3.05, 3.63) is 29.8 Å². The Balaban J connectivity index is 0.000000437. The normalized spacial score (nSPS) is 10.2. The Bertz CT molecular complexity index is 345. The van der Waals surface area contributed by atoms with Crippen molar-refractivity contribution in [3.8, 4) is 0 Å². The summed E-state index contributed by atoms with van der Waals surface area (Å²) < 4.78 is 1.00. The molecule has 0 saturated carbocycles. The number of anilines is 1. The summed E-state index contributed by atoms with van der Waals surface area (Å²) in [5.74, 6) is -0.889. The molecular weight excluding hydrogens is 216 g/mol. The first-order chi connectivity index (χ1) is 7.61. The number of quaternary nitrogens is 1. The number of hydrogen-bond donors (Lipinski definition) is 1. The van der Waals surface area contributed by atoms with E-state index in [-0.39, 0.29) is 0 Å². The molecule has 17 heavy (non-hydrogen) atoms. The van der Waals surface area contributed by atoms with Gasteiger partial charge < -0.3 is 14.5 Å². The summed E-state index contributed by atoms with van der Waals surface area (Å²) in [7, 11) is 12.3. The monoisotopic (exact) mass is 239 g/mol. The molecule has 0 aromatic heterocycles. The van der Waals surface area contributed by atoms with E-state index in [1.165, 1.54) is 0 Å². The molecule has 0 heterocycles. The van der Waals surface area contributed by atoms with Crippen LogP contribution in [-0.4, -0.2) is 57.8 Å². The maximum atomic E-state index is 10.5. The fourth-order valence-corrected chi connectivity index (χ4v) is 0.902. The van der Waals surface area contributed by atoms with E-state index in [0.717, 1.165) is 10.2 Å². The lowest BCUT2D eigenvalue weighted by molar-refractivity contribution is -0.849. The number of rotatable bonds is 2. The third-order valence-corrected chi connectivity index (χ3v) is 1.63. The van der Waals surface area contributed by atoms with Crippen molar-refractivity contribution in [2.45, 2.75) is 0 Å².